The van der Waals surface area contributed by atoms with Gasteiger partial charge in [0.1, 0.15) is 12.1 Å². The Balaban J connectivity index is 0.00000161. The summed E-state index contributed by atoms with van der Waals surface area (Å²) in [6.07, 6.45) is 5.28. The SMILES string of the molecule is CCC[n+]1ccc(-c2nc3cc(C)cc(C)c3o2)cc1.[I-]. The Morgan fingerprint density at radius 2 is 1.86 bits per heavy atom. The van der Waals surface area contributed by atoms with Gasteiger partial charge >= 0.3 is 0 Å². The number of halogens is 1. The van der Waals surface area contributed by atoms with Gasteiger partial charge < -0.3 is 28.4 Å². The first-order valence-electron chi connectivity index (χ1n) is 7.04. The van der Waals surface area contributed by atoms with Crippen molar-refractivity contribution in [1.82, 2.24) is 4.98 Å². The highest BCUT2D eigenvalue weighted by atomic mass is 127. The summed E-state index contributed by atoms with van der Waals surface area (Å²) in [6, 6.07) is 8.30. The van der Waals surface area contributed by atoms with E-state index in [1.807, 2.05) is 0 Å². The quantitative estimate of drug-likeness (QED) is 0.486. The van der Waals surface area contributed by atoms with E-state index in [1.54, 1.807) is 0 Å². The van der Waals surface area contributed by atoms with E-state index in [0.29, 0.717) is 5.89 Å². The molecule has 0 bridgehead atoms. The fourth-order valence-electron chi connectivity index (χ4n) is 2.51. The predicted octanol–water partition coefficient (Wildman–Crippen LogP) is 0.813. The number of fused-ring (bicyclic) bond motifs is 1. The summed E-state index contributed by atoms with van der Waals surface area (Å²) < 4.78 is 8.09. The van der Waals surface area contributed by atoms with Gasteiger partial charge in [0.15, 0.2) is 18.0 Å². The van der Waals surface area contributed by atoms with Crippen molar-refractivity contribution in [3.05, 3.63) is 47.8 Å². The minimum atomic E-state index is 0. The third kappa shape index (κ3) is 3.26. The minimum absolute atomic E-state index is 0. The number of nitrogens with zero attached hydrogens (tertiary/aromatic N) is 2. The first kappa shape index (κ1) is 15.9. The van der Waals surface area contributed by atoms with Crippen LogP contribution in [-0.4, -0.2) is 4.98 Å². The number of oxazole rings is 1. The summed E-state index contributed by atoms with van der Waals surface area (Å²) in [5.74, 6) is 0.692. The summed E-state index contributed by atoms with van der Waals surface area (Å²) in [4.78, 5) is 4.60. The van der Waals surface area contributed by atoms with Crippen LogP contribution in [0.15, 0.2) is 41.1 Å². The number of rotatable bonds is 3. The largest absolute Gasteiger partial charge is 1.00 e. The number of aromatic nitrogens is 2. The number of pyridine rings is 1. The highest BCUT2D eigenvalue weighted by Gasteiger charge is 2.11. The lowest BCUT2D eigenvalue weighted by atomic mass is 10.1. The van der Waals surface area contributed by atoms with Crippen molar-refractivity contribution in [3.8, 4) is 11.5 Å². The molecule has 0 N–H and O–H groups in total. The van der Waals surface area contributed by atoms with Crippen LogP contribution in [0.3, 0.4) is 0 Å². The maximum atomic E-state index is 5.92. The summed E-state index contributed by atoms with van der Waals surface area (Å²) >= 11 is 0. The summed E-state index contributed by atoms with van der Waals surface area (Å²) in [7, 11) is 0. The zero-order valence-electron chi connectivity index (χ0n) is 12.6. The average Bonchev–Trinajstić information content (AvgIpc) is 2.84. The Morgan fingerprint density at radius 1 is 1.14 bits per heavy atom. The third-order valence-electron chi connectivity index (χ3n) is 3.44. The highest BCUT2D eigenvalue weighted by Crippen LogP contribution is 2.26. The fraction of sp³-hybridized carbons (Fsp3) is 0.294. The molecular formula is C17H19IN2O. The first-order valence-corrected chi connectivity index (χ1v) is 7.04. The molecule has 2 aromatic heterocycles. The normalized spacial score (nSPS) is 10.6. The molecule has 21 heavy (non-hydrogen) atoms. The second kappa shape index (κ2) is 6.56. The molecule has 0 spiro atoms. The lowest BCUT2D eigenvalue weighted by Crippen LogP contribution is -3.00. The van der Waals surface area contributed by atoms with E-state index in [2.05, 4.69) is 67.0 Å². The lowest BCUT2D eigenvalue weighted by molar-refractivity contribution is -0.696. The van der Waals surface area contributed by atoms with Gasteiger partial charge in [-0.3, -0.25) is 0 Å². The van der Waals surface area contributed by atoms with Gasteiger partial charge in [-0.25, -0.2) is 9.55 Å². The number of aryl methyl sites for hydroxylation is 3. The van der Waals surface area contributed by atoms with Crippen LogP contribution in [-0.2, 0) is 6.54 Å². The number of hydrogen-bond acceptors (Lipinski definition) is 2. The molecule has 3 rings (SSSR count). The molecule has 0 aliphatic rings. The second-order valence-electron chi connectivity index (χ2n) is 5.27. The monoisotopic (exact) mass is 394 g/mol. The molecular weight excluding hydrogens is 375 g/mol. The van der Waals surface area contributed by atoms with Crippen LogP contribution in [0.2, 0.25) is 0 Å². The standard InChI is InChI=1S/C17H19N2O.HI/c1-4-7-19-8-5-14(6-9-19)17-18-15-11-12(2)10-13(3)16(15)20-17;/h5-6,8-11H,4,7H2,1-3H3;1H/q+1;/p-1. The van der Waals surface area contributed by atoms with E-state index in [1.165, 1.54) is 5.56 Å². The van der Waals surface area contributed by atoms with Crippen LogP contribution < -0.4 is 28.5 Å². The molecule has 2 heterocycles. The van der Waals surface area contributed by atoms with Crippen molar-refractivity contribution in [1.29, 1.82) is 0 Å². The number of hydrogen-bond donors (Lipinski definition) is 0. The Bertz CT molecular complexity index is 747. The molecule has 0 atom stereocenters. The Labute approximate surface area is 142 Å². The summed E-state index contributed by atoms with van der Waals surface area (Å²) in [5, 5.41) is 0. The highest BCUT2D eigenvalue weighted by molar-refractivity contribution is 5.79. The van der Waals surface area contributed by atoms with Gasteiger partial charge in [0, 0.05) is 24.1 Å². The van der Waals surface area contributed by atoms with Crippen LogP contribution >= 0.6 is 0 Å². The topological polar surface area (TPSA) is 29.9 Å². The molecule has 1 aromatic carbocycles. The molecule has 0 saturated carbocycles. The van der Waals surface area contributed by atoms with E-state index in [-0.39, 0.29) is 24.0 Å². The second-order valence-corrected chi connectivity index (χ2v) is 5.27. The fourth-order valence-corrected chi connectivity index (χ4v) is 2.51. The smallest absolute Gasteiger partial charge is 0.227 e. The van der Waals surface area contributed by atoms with E-state index in [4.69, 9.17) is 4.42 Å². The molecule has 0 fully saturated rings. The van der Waals surface area contributed by atoms with Crippen molar-refractivity contribution >= 4 is 11.1 Å². The Morgan fingerprint density at radius 3 is 2.52 bits per heavy atom. The van der Waals surface area contributed by atoms with Gasteiger partial charge in [-0.2, -0.15) is 0 Å². The van der Waals surface area contributed by atoms with Crippen LogP contribution in [0, 0.1) is 13.8 Å². The van der Waals surface area contributed by atoms with Crippen molar-refractivity contribution in [2.75, 3.05) is 0 Å². The number of benzene rings is 1. The molecule has 0 aliphatic heterocycles. The lowest BCUT2D eigenvalue weighted by Gasteiger charge is -1.96. The zero-order valence-corrected chi connectivity index (χ0v) is 14.7. The predicted molar refractivity (Wildman–Crippen MR) is 79.4 cm³/mol. The van der Waals surface area contributed by atoms with Crippen molar-refractivity contribution in [2.45, 2.75) is 33.7 Å². The van der Waals surface area contributed by atoms with E-state index in [0.717, 1.165) is 35.2 Å². The molecule has 110 valence electrons. The van der Waals surface area contributed by atoms with Gasteiger partial charge in [0.25, 0.3) is 0 Å². The van der Waals surface area contributed by atoms with Crippen LogP contribution in [0.4, 0.5) is 0 Å². The van der Waals surface area contributed by atoms with E-state index >= 15 is 0 Å². The van der Waals surface area contributed by atoms with Gasteiger partial charge in [0.2, 0.25) is 5.89 Å². The van der Waals surface area contributed by atoms with Crippen LogP contribution in [0.5, 0.6) is 0 Å². The molecule has 0 saturated heterocycles. The van der Waals surface area contributed by atoms with Gasteiger partial charge in [0.05, 0.1) is 0 Å². The van der Waals surface area contributed by atoms with Crippen molar-refractivity contribution in [2.24, 2.45) is 0 Å². The van der Waals surface area contributed by atoms with Gasteiger partial charge in [-0.05, 0) is 31.0 Å². The van der Waals surface area contributed by atoms with E-state index in [9.17, 15) is 0 Å². The average molecular weight is 394 g/mol. The molecule has 0 amide bonds. The third-order valence-corrected chi connectivity index (χ3v) is 3.44. The van der Waals surface area contributed by atoms with E-state index < -0.39 is 0 Å². The molecule has 3 aromatic rings. The summed E-state index contributed by atoms with van der Waals surface area (Å²) in [5.41, 5.74) is 5.18. The van der Waals surface area contributed by atoms with Crippen LogP contribution in [0.1, 0.15) is 24.5 Å². The molecule has 0 radical (unpaired) electrons. The molecule has 0 unspecified atom stereocenters. The van der Waals surface area contributed by atoms with Crippen molar-refractivity contribution < 1.29 is 33.0 Å². The summed E-state index contributed by atoms with van der Waals surface area (Å²) in [6.45, 7) is 7.35. The first-order chi connectivity index (χ1) is 9.67. The Kier molecular flexibility index (Phi) is 4.98. The molecule has 0 aliphatic carbocycles. The minimum Gasteiger partial charge on any atom is -1.00 e. The van der Waals surface area contributed by atoms with Gasteiger partial charge in [-0.1, -0.05) is 13.0 Å². The molecule has 4 heteroatoms. The maximum Gasteiger partial charge on any atom is 0.227 e. The zero-order chi connectivity index (χ0) is 14.1. The maximum absolute atomic E-state index is 5.92. The van der Waals surface area contributed by atoms with Crippen LogP contribution in [0.25, 0.3) is 22.6 Å². The Hall–Kier alpha value is -1.43. The van der Waals surface area contributed by atoms with Gasteiger partial charge in [-0.15, -0.1) is 0 Å². The molecule has 3 nitrogen and oxygen atoms in total. The van der Waals surface area contributed by atoms with Crippen molar-refractivity contribution in [3.63, 3.8) is 0 Å².